The molecule has 8 nitrogen and oxygen atoms in total. The van der Waals surface area contributed by atoms with Crippen LogP contribution in [0, 0.1) is 10.1 Å². The van der Waals surface area contributed by atoms with Crippen molar-refractivity contribution in [3.8, 4) is 5.69 Å². The van der Waals surface area contributed by atoms with Crippen molar-refractivity contribution in [2.75, 3.05) is 24.5 Å². The molecule has 30 heavy (non-hydrogen) atoms. The molecule has 3 aromatic rings. The van der Waals surface area contributed by atoms with Crippen LogP contribution in [0.25, 0.3) is 5.69 Å². The molecule has 1 aromatic heterocycles. The van der Waals surface area contributed by atoms with Crippen molar-refractivity contribution in [2.45, 2.75) is 19.3 Å². The summed E-state index contributed by atoms with van der Waals surface area (Å²) in [5.41, 5.74) is 3.00. The normalized spacial score (nSPS) is 13.4. The van der Waals surface area contributed by atoms with Crippen molar-refractivity contribution in [1.82, 2.24) is 15.1 Å². The van der Waals surface area contributed by atoms with E-state index in [1.165, 1.54) is 12.1 Å². The lowest BCUT2D eigenvalue weighted by Crippen LogP contribution is -2.29. The number of anilines is 1. The Balaban J connectivity index is 1.43. The first-order chi connectivity index (χ1) is 14.6. The number of rotatable bonds is 7. The largest absolute Gasteiger partial charge is 0.371 e. The molecule has 4 rings (SSSR count). The molecule has 0 radical (unpaired) electrons. The third-order valence-electron chi connectivity index (χ3n) is 5.24. The van der Waals surface area contributed by atoms with Crippen molar-refractivity contribution in [1.29, 1.82) is 0 Å². The fourth-order valence-corrected chi connectivity index (χ4v) is 3.68. The molecule has 1 fully saturated rings. The Bertz CT molecular complexity index is 1040. The molecular formula is C22H23N5O3. The number of para-hydroxylation sites is 1. The van der Waals surface area contributed by atoms with Crippen LogP contribution >= 0.6 is 0 Å². The van der Waals surface area contributed by atoms with E-state index in [2.05, 4.69) is 15.3 Å². The van der Waals surface area contributed by atoms with E-state index in [4.69, 9.17) is 0 Å². The van der Waals surface area contributed by atoms with E-state index < -0.39 is 4.92 Å². The van der Waals surface area contributed by atoms with E-state index in [0.29, 0.717) is 18.5 Å². The van der Waals surface area contributed by atoms with E-state index in [1.54, 1.807) is 16.9 Å². The van der Waals surface area contributed by atoms with Crippen LogP contribution in [0.1, 0.15) is 28.8 Å². The van der Waals surface area contributed by atoms with Crippen LogP contribution in [0.3, 0.4) is 0 Å². The van der Waals surface area contributed by atoms with Gasteiger partial charge in [-0.25, -0.2) is 4.68 Å². The molecule has 0 spiro atoms. The third-order valence-corrected chi connectivity index (χ3v) is 5.24. The van der Waals surface area contributed by atoms with E-state index in [0.717, 1.165) is 42.9 Å². The summed E-state index contributed by atoms with van der Waals surface area (Å²) in [6.45, 7) is 2.13. The van der Waals surface area contributed by atoms with Gasteiger partial charge in [0.25, 0.3) is 11.6 Å². The van der Waals surface area contributed by atoms with Crippen LogP contribution in [0.4, 0.5) is 11.4 Å². The molecule has 2 aromatic carbocycles. The zero-order valence-corrected chi connectivity index (χ0v) is 16.5. The van der Waals surface area contributed by atoms with E-state index in [1.807, 2.05) is 36.5 Å². The van der Waals surface area contributed by atoms with Crippen LogP contribution in [-0.4, -0.2) is 40.2 Å². The fraction of sp³-hybridized carbons (Fsp3) is 0.273. The number of non-ortho nitro benzene ring substituents is 1. The second-order valence-electron chi connectivity index (χ2n) is 7.29. The van der Waals surface area contributed by atoms with Crippen LogP contribution in [0.2, 0.25) is 0 Å². The van der Waals surface area contributed by atoms with Crippen molar-refractivity contribution in [3.05, 3.63) is 82.2 Å². The van der Waals surface area contributed by atoms with Crippen LogP contribution in [-0.2, 0) is 6.42 Å². The van der Waals surface area contributed by atoms with Gasteiger partial charge in [-0.3, -0.25) is 14.9 Å². The average Bonchev–Trinajstić information content (AvgIpc) is 3.46. The number of nitrogens with zero attached hydrogens (tertiary/aromatic N) is 4. The number of carbonyl (C=O) groups is 1. The van der Waals surface area contributed by atoms with Crippen molar-refractivity contribution in [3.63, 3.8) is 0 Å². The number of nitro benzene ring substituents is 1. The average molecular weight is 405 g/mol. The highest BCUT2D eigenvalue weighted by Crippen LogP contribution is 2.28. The molecule has 0 bridgehead atoms. The summed E-state index contributed by atoms with van der Waals surface area (Å²) in [5, 5.41) is 18.4. The number of hydrogen-bond donors (Lipinski definition) is 1. The Morgan fingerprint density at radius 3 is 2.63 bits per heavy atom. The van der Waals surface area contributed by atoms with E-state index in [-0.39, 0.29) is 11.6 Å². The number of nitrogens with one attached hydrogen (secondary N) is 1. The number of hydrogen-bond acceptors (Lipinski definition) is 5. The van der Waals surface area contributed by atoms with Crippen LogP contribution in [0.5, 0.6) is 0 Å². The molecule has 0 saturated carbocycles. The van der Waals surface area contributed by atoms with E-state index in [9.17, 15) is 14.9 Å². The summed E-state index contributed by atoms with van der Waals surface area (Å²) < 4.78 is 1.79. The first-order valence-corrected chi connectivity index (χ1v) is 10.0. The standard InChI is InChI=1S/C22H23N5O3/c28-22(20-14-19(27(29)30)8-9-21(20)25-12-4-5-13-25)23-11-10-17-15-24-26(16-17)18-6-2-1-3-7-18/h1-3,6-9,14-16H,4-5,10-13H2,(H,23,28). The Kier molecular flexibility index (Phi) is 5.74. The van der Waals surface area contributed by atoms with Crippen LogP contribution in [0.15, 0.2) is 60.9 Å². The highest BCUT2D eigenvalue weighted by Gasteiger charge is 2.22. The molecule has 0 aliphatic carbocycles. The second kappa shape index (κ2) is 8.77. The minimum Gasteiger partial charge on any atom is -0.371 e. The molecule has 1 N–H and O–H groups in total. The van der Waals surface area contributed by atoms with Crippen molar-refractivity contribution < 1.29 is 9.72 Å². The molecule has 154 valence electrons. The number of amides is 1. The SMILES string of the molecule is O=C(NCCc1cnn(-c2ccccc2)c1)c1cc([N+](=O)[O-])ccc1N1CCCC1. The first-order valence-electron chi connectivity index (χ1n) is 10.0. The van der Waals surface area contributed by atoms with Gasteiger partial charge in [-0.2, -0.15) is 5.10 Å². The van der Waals surface area contributed by atoms with Gasteiger partial charge >= 0.3 is 0 Å². The number of carbonyl (C=O) groups excluding carboxylic acids is 1. The summed E-state index contributed by atoms with van der Waals surface area (Å²) in [7, 11) is 0. The van der Waals surface area contributed by atoms with Gasteiger partial charge in [0, 0.05) is 38.0 Å². The van der Waals surface area contributed by atoms with Gasteiger partial charge in [0.2, 0.25) is 0 Å². The summed E-state index contributed by atoms with van der Waals surface area (Å²) in [4.78, 5) is 25.7. The molecule has 1 aliphatic heterocycles. The molecule has 1 saturated heterocycles. The lowest BCUT2D eigenvalue weighted by Gasteiger charge is -2.20. The predicted octanol–water partition coefficient (Wildman–Crippen LogP) is 3.35. The Labute approximate surface area is 174 Å². The van der Waals surface area contributed by atoms with Gasteiger partial charge in [-0.05, 0) is 43.0 Å². The molecule has 1 aliphatic rings. The lowest BCUT2D eigenvalue weighted by molar-refractivity contribution is -0.384. The Hall–Kier alpha value is -3.68. The fourth-order valence-electron chi connectivity index (χ4n) is 3.68. The number of nitro groups is 1. The Morgan fingerprint density at radius 2 is 1.90 bits per heavy atom. The second-order valence-corrected chi connectivity index (χ2v) is 7.29. The maximum Gasteiger partial charge on any atom is 0.270 e. The van der Waals surface area contributed by atoms with Crippen molar-refractivity contribution in [2.24, 2.45) is 0 Å². The lowest BCUT2D eigenvalue weighted by atomic mass is 10.1. The summed E-state index contributed by atoms with van der Waals surface area (Å²) in [6.07, 6.45) is 6.45. The Morgan fingerprint density at radius 1 is 1.13 bits per heavy atom. The maximum atomic E-state index is 12.8. The van der Waals surface area contributed by atoms with E-state index >= 15 is 0 Å². The zero-order valence-electron chi connectivity index (χ0n) is 16.5. The molecular weight excluding hydrogens is 382 g/mol. The van der Waals surface area contributed by atoms with Gasteiger partial charge in [-0.1, -0.05) is 18.2 Å². The molecule has 1 amide bonds. The predicted molar refractivity (Wildman–Crippen MR) is 114 cm³/mol. The van der Waals surface area contributed by atoms with Gasteiger partial charge in [0.05, 0.1) is 28.1 Å². The van der Waals surface area contributed by atoms with Gasteiger partial charge in [0.1, 0.15) is 0 Å². The summed E-state index contributed by atoms with van der Waals surface area (Å²) >= 11 is 0. The molecule has 8 heteroatoms. The quantitative estimate of drug-likeness (QED) is 0.481. The molecule has 2 heterocycles. The minimum atomic E-state index is -0.470. The zero-order chi connectivity index (χ0) is 20.9. The highest BCUT2D eigenvalue weighted by atomic mass is 16.6. The number of benzene rings is 2. The topological polar surface area (TPSA) is 93.3 Å². The number of aromatic nitrogens is 2. The van der Waals surface area contributed by atoms with Crippen molar-refractivity contribution >= 4 is 17.3 Å². The van der Waals surface area contributed by atoms with Gasteiger partial charge < -0.3 is 10.2 Å². The molecule has 0 atom stereocenters. The van der Waals surface area contributed by atoms with Gasteiger partial charge in [0.15, 0.2) is 0 Å². The van der Waals surface area contributed by atoms with Crippen LogP contribution < -0.4 is 10.2 Å². The highest BCUT2D eigenvalue weighted by molar-refractivity contribution is 6.00. The van der Waals surface area contributed by atoms with Gasteiger partial charge in [-0.15, -0.1) is 0 Å². The smallest absolute Gasteiger partial charge is 0.270 e. The summed E-state index contributed by atoms with van der Waals surface area (Å²) in [5.74, 6) is -0.295. The monoisotopic (exact) mass is 405 g/mol. The maximum absolute atomic E-state index is 12.8. The molecule has 0 unspecified atom stereocenters. The third kappa shape index (κ3) is 4.32. The minimum absolute atomic E-state index is 0.0766. The first kappa shape index (κ1) is 19.6. The summed E-state index contributed by atoms with van der Waals surface area (Å²) in [6, 6.07) is 14.3.